The van der Waals surface area contributed by atoms with E-state index in [2.05, 4.69) is 5.32 Å². The van der Waals surface area contributed by atoms with Crippen molar-refractivity contribution in [2.75, 3.05) is 25.1 Å². The lowest BCUT2D eigenvalue weighted by Crippen LogP contribution is -2.52. The van der Waals surface area contributed by atoms with Gasteiger partial charge in [-0.15, -0.1) is 0 Å². The van der Waals surface area contributed by atoms with Crippen LogP contribution in [0, 0.1) is 11.8 Å². The van der Waals surface area contributed by atoms with E-state index in [1.54, 1.807) is 16.7 Å². The minimum absolute atomic E-state index is 0.154. The van der Waals surface area contributed by atoms with Crippen LogP contribution in [-0.2, 0) is 25.7 Å². The van der Waals surface area contributed by atoms with Crippen LogP contribution in [0.2, 0.25) is 0 Å². The Labute approximate surface area is 194 Å². The number of nitrogens with zero attached hydrogens (tertiary/aromatic N) is 2. The highest BCUT2D eigenvalue weighted by Crippen LogP contribution is 2.39. The molecule has 1 aliphatic carbocycles. The third-order valence-electron chi connectivity index (χ3n) is 6.45. The van der Waals surface area contributed by atoms with Gasteiger partial charge in [0.2, 0.25) is 23.6 Å². The lowest BCUT2D eigenvalue weighted by atomic mass is 9.81. The monoisotopic (exact) mass is 459 g/mol. The summed E-state index contributed by atoms with van der Waals surface area (Å²) in [5.41, 5.74) is 1.02. The zero-order valence-corrected chi connectivity index (χ0v) is 19.7. The van der Waals surface area contributed by atoms with Crippen molar-refractivity contribution in [3.63, 3.8) is 0 Å². The standard InChI is InChI=1S/C24H33N3O4S/c1-3-26(16-17-9-5-4-6-10-17)21(28)15-25-22(29)20(13-14-32-2)27-23(30)18-11-7-8-12-19(18)24(27)31/h4-6,9-10,18-20H,3,7-8,11-16H2,1-2H3,(H,25,29). The van der Waals surface area contributed by atoms with Gasteiger partial charge in [-0.1, -0.05) is 43.2 Å². The molecule has 1 aromatic rings. The molecule has 8 heteroatoms. The van der Waals surface area contributed by atoms with Crippen LogP contribution in [0.3, 0.4) is 0 Å². The lowest BCUT2D eigenvalue weighted by molar-refractivity contribution is -0.148. The number of benzene rings is 1. The Hall–Kier alpha value is -2.35. The number of likely N-dealkylation sites (tertiary alicyclic amines) is 1. The van der Waals surface area contributed by atoms with Gasteiger partial charge < -0.3 is 10.2 Å². The maximum Gasteiger partial charge on any atom is 0.243 e. The van der Waals surface area contributed by atoms with Crippen molar-refractivity contribution in [2.24, 2.45) is 11.8 Å². The number of rotatable bonds is 10. The number of carbonyl (C=O) groups is 4. The van der Waals surface area contributed by atoms with Crippen molar-refractivity contribution in [1.29, 1.82) is 0 Å². The van der Waals surface area contributed by atoms with E-state index >= 15 is 0 Å². The lowest BCUT2D eigenvalue weighted by Gasteiger charge is -2.26. The molecule has 4 amide bonds. The molecule has 0 bridgehead atoms. The first-order valence-corrected chi connectivity index (χ1v) is 12.8. The molecule has 0 radical (unpaired) electrons. The Morgan fingerprint density at radius 3 is 2.31 bits per heavy atom. The summed E-state index contributed by atoms with van der Waals surface area (Å²) in [7, 11) is 0. The average molecular weight is 460 g/mol. The first-order chi connectivity index (χ1) is 15.5. The Kier molecular flexibility index (Phi) is 8.73. The van der Waals surface area contributed by atoms with Crippen LogP contribution in [0.1, 0.15) is 44.6 Å². The molecule has 2 fully saturated rings. The number of fused-ring (bicyclic) bond motifs is 1. The van der Waals surface area contributed by atoms with Gasteiger partial charge in [0.1, 0.15) is 6.04 Å². The van der Waals surface area contributed by atoms with Crippen LogP contribution in [0.15, 0.2) is 30.3 Å². The average Bonchev–Trinajstić information content (AvgIpc) is 3.07. The summed E-state index contributed by atoms with van der Waals surface area (Å²) >= 11 is 1.56. The summed E-state index contributed by atoms with van der Waals surface area (Å²) in [6.07, 6.45) is 5.63. The van der Waals surface area contributed by atoms with E-state index in [0.29, 0.717) is 38.1 Å². The molecule has 174 valence electrons. The second kappa shape index (κ2) is 11.5. The number of hydrogen-bond acceptors (Lipinski definition) is 5. The smallest absolute Gasteiger partial charge is 0.243 e. The maximum absolute atomic E-state index is 13.1. The van der Waals surface area contributed by atoms with Gasteiger partial charge in [0.15, 0.2) is 0 Å². The molecule has 3 unspecified atom stereocenters. The van der Waals surface area contributed by atoms with Crippen molar-refractivity contribution in [2.45, 2.75) is 51.6 Å². The molecule has 1 aliphatic heterocycles. The Morgan fingerprint density at radius 1 is 1.12 bits per heavy atom. The summed E-state index contributed by atoms with van der Waals surface area (Å²) < 4.78 is 0. The van der Waals surface area contributed by atoms with Crippen LogP contribution in [0.5, 0.6) is 0 Å². The predicted octanol–water partition coefficient (Wildman–Crippen LogP) is 2.45. The molecule has 7 nitrogen and oxygen atoms in total. The molecule has 3 atom stereocenters. The zero-order chi connectivity index (χ0) is 23.1. The third-order valence-corrected chi connectivity index (χ3v) is 7.09. The highest BCUT2D eigenvalue weighted by atomic mass is 32.2. The van der Waals surface area contributed by atoms with E-state index in [-0.39, 0.29) is 36.1 Å². The van der Waals surface area contributed by atoms with E-state index in [4.69, 9.17) is 0 Å². The van der Waals surface area contributed by atoms with E-state index in [1.807, 2.05) is 43.5 Å². The van der Waals surface area contributed by atoms with E-state index in [9.17, 15) is 19.2 Å². The van der Waals surface area contributed by atoms with Crippen molar-refractivity contribution >= 4 is 35.4 Å². The first kappa shape index (κ1) is 24.3. The van der Waals surface area contributed by atoms with Crippen LogP contribution in [0.4, 0.5) is 0 Å². The number of amides is 4. The third kappa shape index (κ3) is 5.52. The molecule has 3 rings (SSSR count). The minimum Gasteiger partial charge on any atom is -0.345 e. The van der Waals surface area contributed by atoms with Crippen LogP contribution < -0.4 is 5.32 Å². The van der Waals surface area contributed by atoms with Crippen molar-refractivity contribution in [3.05, 3.63) is 35.9 Å². The van der Waals surface area contributed by atoms with Crippen LogP contribution >= 0.6 is 11.8 Å². The molecule has 32 heavy (non-hydrogen) atoms. The normalized spacial score (nSPS) is 21.2. The Bertz CT molecular complexity index is 808. The highest BCUT2D eigenvalue weighted by molar-refractivity contribution is 7.98. The predicted molar refractivity (Wildman–Crippen MR) is 125 cm³/mol. The van der Waals surface area contributed by atoms with Crippen molar-refractivity contribution in [3.8, 4) is 0 Å². The summed E-state index contributed by atoms with van der Waals surface area (Å²) in [5, 5.41) is 2.71. The molecule has 0 spiro atoms. The van der Waals surface area contributed by atoms with Gasteiger partial charge in [0, 0.05) is 13.1 Å². The fourth-order valence-electron chi connectivity index (χ4n) is 4.67. The van der Waals surface area contributed by atoms with E-state index in [1.165, 1.54) is 4.90 Å². The molecule has 1 aromatic carbocycles. The highest BCUT2D eigenvalue weighted by Gasteiger charge is 2.51. The number of likely N-dealkylation sites (N-methyl/N-ethyl adjacent to an activating group) is 1. The van der Waals surface area contributed by atoms with Gasteiger partial charge in [0.25, 0.3) is 0 Å². The first-order valence-electron chi connectivity index (χ1n) is 11.4. The van der Waals surface area contributed by atoms with Gasteiger partial charge in [-0.05, 0) is 43.8 Å². The van der Waals surface area contributed by atoms with E-state index < -0.39 is 11.9 Å². The van der Waals surface area contributed by atoms with Gasteiger partial charge >= 0.3 is 0 Å². The number of carbonyl (C=O) groups excluding carboxylic acids is 4. The minimum atomic E-state index is -0.856. The summed E-state index contributed by atoms with van der Waals surface area (Å²) in [6.45, 7) is 2.73. The van der Waals surface area contributed by atoms with Gasteiger partial charge in [-0.3, -0.25) is 24.1 Å². The van der Waals surface area contributed by atoms with Crippen LogP contribution in [-0.4, -0.2) is 64.6 Å². The fraction of sp³-hybridized carbons (Fsp3) is 0.583. The molecule has 1 saturated heterocycles. The summed E-state index contributed by atoms with van der Waals surface area (Å²) in [4.78, 5) is 54.7. The van der Waals surface area contributed by atoms with Crippen LogP contribution in [0.25, 0.3) is 0 Å². The second-order valence-corrected chi connectivity index (χ2v) is 9.44. The largest absolute Gasteiger partial charge is 0.345 e. The molecular formula is C24H33N3O4S. The van der Waals surface area contributed by atoms with Gasteiger partial charge in [-0.25, -0.2) is 0 Å². The molecule has 1 saturated carbocycles. The van der Waals surface area contributed by atoms with Crippen molar-refractivity contribution in [1.82, 2.24) is 15.1 Å². The van der Waals surface area contributed by atoms with Gasteiger partial charge in [-0.2, -0.15) is 11.8 Å². The molecule has 2 aliphatic rings. The SMILES string of the molecule is CCN(Cc1ccccc1)C(=O)CNC(=O)C(CCSC)N1C(=O)C2CCCCC2C1=O. The molecule has 1 N–H and O–H groups in total. The topological polar surface area (TPSA) is 86.8 Å². The number of nitrogens with one attached hydrogen (secondary N) is 1. The molecule has 0 aromatic heterocycles. The molecule has 1 heterocycles. The van der Waals surface area contributed by atoms with E-state index in [0.717, 1.165) is 18.4 Å². The molecular weight excluding hydrogens is 426 g/mol. The quantitative estimate of drug-likeness (QED) is 0.543. The van der Waals surface area contributed by atoms with Crippen molar-refractivity contribution < 1.29 is 19.2 Å². The Balaban J connectivity index is 1.65. The fourth-order valence-corrected chi connectivity index (χ4v) is 5.13. The second-order valence-electron chi connectivity index (χ2n) is 8.45. The van der Waals surface area contributed by atoms with Gasteiger partial charge in [0.05, 0.1) is 18.4 Å². The summed E-state index contributed by atoms with van der Waals surface area (Å²) in [5.74, 6) is -0.983. The summed E-state index contributed by atoms with van der Waals surface area (Å²) in [6, 6.07) is 8.83. The maximum atomic E-state index is 13.1. The Morgan fingerprint density at radius 2 is 1.75 bits per heavy atom. The number of hydrogen-bond donors (Lipinski definition) is 1. The number of imide groups is 1. The zero-order valence-electron chi connectivity index (χ0n) is 18.9. The number of thioether (sulfide) groups is 1.